The minimum absolute atomic E-state index is 0. The SMILES string of the molecule is [Fe+2].[N-]=C=S.[N-]=C=S.c1ccc(CN(Cc2ccccc2)c2nc(N(Cc3ccccc3)Cc3ccccc3)nc(N(c3ccccn3)c3ccccn3)n2)cc1.c1ccc(CN(Cc2ccccc2)c2nc(N(Cc3ccccc3)Cc3ccccc3)nc(N(c3ccccn3)c3ccccn3)n2)cc1. The summed E-state index contributed by atoms with van der Waals surface area (Å²) < 4.78 is 0. The normalized spacial score (nSPS) is 10.2. The minimum atomic E-state index is 0. The molecule has 0 saturated carbocycles. The molecule has 518 valence electrons. The van der Waals surface area contributed by atoms with Crippen LogP contribution in [0.3, 0.4) is 0 Å². The molecule has 14 aromatic rings. The summed E-state index contributed by atoms with van der Waals surface area (Å²) in [5.74, 6) is 5.67. The van der Waals surface area contributed by atoms with Crippen LogP contribution in [0.25, 0.3) is 10.8 Å². The summed E-state index contributed by atoms with van der Waals surface area (Å²) in [6.45, 7) is 4.80. The maximum absolute atomic E-state index is 7.13. The fourth-order valence-electron chi connectivity index (χ4n) is 11.3. The molecule has 0 fully saturated rings. The Bertz CT molecular complexity index is 4100. The smallest absolute Gasteiger partial charge is 0.753 e. The maximum atomic E-state index is 7.13. The van der Waals surface area contributed by atoms with Gasteiger partial charge < -0.3 is 30.4 Å². The quantitative estimate of drug-likeness (QED) is 0.0282. The van der Waals surface area contributed by atoms with E-state index in [0.717, 1.165) is 44.5 Å². The van der Waals surface area contributed by atoms with Gasteiger partial charge in [0, 0.05) is 77.1 Å². The van der Waals surface area contributed by atoms with Gasteiger partial charge in [-0.25, -0.2) is 29.7 Å². The van der Waals surface area contributed by atoms with Crippen LogP contribution in [0.1, 0.15) is 44.5 Å². The average molecular weight is 1450 g/mol. The zero-order valence-electron chi connectivity index (χ0n) is 57.2. The summed E-state index contributed by atoms with van der Waals surface area (Å²) in [6, 6.07) is 107. The number of benzene rings is 8. The largest absolute Gasteiger partial charge is 2.00 e. The molecule has 14 rings (SSSR count). The first-order valence-electron chi connectivity index (χ1n) is 33.5. The summed E-state index contributed by atoms with van der Waals surface area (Å²) in [7, 11) is 0. The third-order valence-corrected chi connectivity index (χ3v) is 16.0. The van der Waals surface area contributed by atoms with Crippen LogP contribution in [0.5, 0.6) is 0 Å². The Kier molecular flexibility index (Phi) is 29.0. The number of thiocarbonyl (C=S) groups is 2. The van der Waals surface area contributed by atoms with Gasteiger partial charge in [-0.15, -0.1) is 0 Å². The number of nitrogens with zero attached hydrogens (tertiary/aromatic N) is 18. The number of rotatable bonds is 26. The molecule has 0 aliphatic rings. The molecule has 6 heterocycles. The van der Waals surface area contributed by atoms with E-state index in [4.69, 9.17) is 60.7 Å². The van der Waals surface area contributed by atoms with Gasteiger partial charge >= 0.3 is 17.1 Å². The van der Waals surface area contributed by atoms with Crippen molar-refractivity contribution in [3.05, 3.63) is 396 Å². The summed E-state index contributed by atoms with van der Waals surface area (Å²) in [5, 5.41) is 16.9. The zero-order chi connectivity index (χ0) is 71.6. The molecule has 0 bridgehead atoms. The number of aromatic nitrogens is 10. The first kappa shape index (κ1) is 75.0. The van der Waals surface area contributed by atoms with Gasteiger partial charge in [0.25, 0.3) is 0 Å². The Morgan fingerprint density at radius 2 is 0.362 bits per heavy atom. The molecule has 0 N–H and O–H groups in total. The van der Waals surface area contributed by atoms with Gasteiger partial charge in [0.2, 0.25) is 35.7 Å². The van der Waals surface area contributed by atoms with Gasteiger partial charge in [-0.2, -0.15) is 40.2 Å². The predicted octanol–water partition coefficient (Wildman–Crippen LogP) is 18.4. The van der Waals surface area contributed by atoms with Crippen LogP contribution in [0, 0.1) is 0 Å². The number of pyridine rings is 4. The molecule has 0 atom stereocenters. The first-order chi connectivity index (χ1) is 51.4. The predicted molar refractivity (Wildman–Crippen MR) is 423 cm³/mol. The van der Waals surface area contributed by atoms with E-state index < -0.39 is 0 Å². The van der Waals surface area contributed by atoms with Crippen molar-refractivity contribution >= 4 is 93.7 Å². The fourth-order valence-corrected chi connectivity index (χ4v) is 11.3. The minimum Gasteiger partial charge on any atom is -0.753 e. The number of anilines is 10. The molecule has 0 radical (unpaired) electrons. The molecule has 21 heteroatoms. The summed E-state index contributed by atoms with van der Waals surface area (Å²) >= 11 is 7.40. The standard InChI is InChI=1S/2C41H36N8.2CNS.Fe/c2*1-5-17-33(18-6-1)29-47(30-34-19-7-2-8-20-34)39-44-40(48(31-35-21-9-3-10-22-35)32-36-23-11-4-12-24-36)46-41(45-39)49(37-25-13-15-27-42-37)38-26-14-16-28-43-38;2*2-1-3;/h2*1-28H,29-32H2;;;/q;;2*-1;+2. The van der Waals surface area contributed by atoms with Crippen LogP contribution in [-0.4, -0.2) is 60.2 Å². The van der Waals surface area contributed by atoms with Crippen molar-refractivity contribution in [2.45, 2.75) is 52.4 Å². The fraction of sp³-hybridized carbons (Fsp3) is 0.0952. The van der Waals surface area contributed by atoms with Crippen molar-refractivity contribution in [3.63, 3.8) is 0 Å². The van der Waals surface area contributed by atoms with Crippen LogP contribution >= 0.6 is 24.4 Å². The molecule has 0 aliphatic carbocycles. The molecule has 0 saturated heterocycles. The zero-order valence-corrected chi connectivity index (χ0v) is 59.9. The molecule has 105 heavy (non-hydrogen) atoms. The van der Waals surface area contributed by atoms with Crippen molar-refractivity contribution in [3.8, 4) is 0 Å². The molecule has 0 spiro atoms. The first-order valence-corrected chi connectivity index (χ1v) is 34.3. The summed E-state index contributed by atoms with van der Waals surface area (Å²) in [5.41, 5.74) is 9.21. The second kappa shape index (κ2) is 40.7. The molecule has 0 amide bonds. The van der Waals surface area contributed by atoms with Crippen LogP contribution in [0.2, 0.25) is 0 Å². The van der Waals surface area contributed by atoms with Gasteiger partial charge in [0.15, 0.2) is 0 Å². The molecule has 0 aliphatic heterocycles. The number of hydrogen-bond acceptors (Lipinski definition) is 18. The third-order valence-electron chi connectivity index (χ3n) is 16.0. The van der Waals surface area contributed by atoms with Crippen LogP contribution < -0.4 is 29.4 Å². The Morgan fingerprint density at radius 3 is 0.505 bits per heavy atom. The van der Waals surface area contributed by atoms with E-state index in [9.17, 15) is 0 Å². The van der Waals surface area contributed by atoms with Crippen LogP contribution in [0.15, 0.2) is 340 Å². The molecular formula is C84H72FeN18S2. The van der Waals surface area contributed by atoms with E-state index in [1.165, 1.54) is 10.3 Å². The molecule has 18 nitrogen and oxygen atoms in total. The van der Waals surface area contributed by atoms with Crippen molar-refractivity contribution < 1.29 is 17.1 Å². The Hall–Kier alpha value is -12.7. The monoisotopic (exact) mass is 1450 g/mol. The summed E-state index contributed by atoms with van der Waals surface area (Å²) in [6.07, 6.45) is 7.07. The average Bonchev–Trinajstić information content (AvgIpc) is 0.789. The Labute approximate surface area is 633 Å². The van der Waals surface area contributed by atoms with Crippen molar-refractivity contribution in [2.24, 2.45) is 0 Å². The Balaban J connectivity index is 0.000000208. The van der Waals surface area contributed by atoms with E-state index in [1.54, 1.807) is 24.8 Å². The van der Waals surface area contributed by atoms with Gasteiger partial charge in [0.1, 0.15) is 23.3 Å². The summed E-state index contributed by atoms with van der Waals surface area (Å²) in [4.78, 5) is 62.7. The molecular weight excluding hydrogens is 1380 g/mol. The van der Waals surface area contributed by atoms with Crippen molar-refractivity contribution in [1.29, 1.82) is 0 Å². The van der Waals surface area contributed by atoms with Gasteiger partial charge in [-0.3, -0.25) is 0 Å². The molecule has 0 unspecified atom stereocenters. The van der Waals surface area contributed by atoms with E-state index in [2.05, 4.69) is 238 Å². The second-order valence-electron chi connectivity index (χ2n) is 23.4. The van der Waals surface area contributed by atoms with Gasteiger partial charge in [-0.1, -0.05) is 291 Å². The van der Waals surface area contributed by atoms with Crippen LogP contribution in [0.4, 0.5) is 59.0 Å². The molecule has 8 aromatic carbocycles. The molecule has 6 aromatic heterocycles. The van der Waals surface area contributed by atoms with E-state index in [1.807, 2.05) is 131 Å². The van der Waals surface area contributed by atoms with E-state index >= 15 is 0 Å². The van der Waals surface area contributed by atoms with Crippen molar-refractivity contribution in [1.82, 2.24) is 49.8 Å². The van der Waals surface area contributed by atoms with E-state index in [-0.39, 0.29) is 17.1 Å². The van der Waals surface area contributed by atoms with Crippen LogP contribution in [-0.2, 0) is 69.4 Å². The maximum Gasteiger partial charge on any atom is 2.00 e. The van der Waals surface area contributed by atoms with Gasteiger partial charge in [0.05, 0.1) is 0 Å². The van der Waals surface area contributed by atoms with Crippen molar-refractivity contribution in [2.75, 3.05) is 29.4 Å². The Morgan fingerprint density at radius 1 is 0.219 bits per heavy atom. The number of hydrogen-bond donors (Lipinski definition) is 0. The van der Waals surface area contributed by atoms with E-state index in [0.29, 0.717) is 111 Å². The van der Waals surface area contributed by atoms with Gasteiger partial charge in [-0.05, 0) is 93.0 Å². The second-order valence-corrected chi connectivity index (χ2v) is 23.8. The number of isothiocyanates is 2. The topological polar surface area (TPSA) is 193 Å². The third kappa shape index (κ3) is 22.6.